The van der Waals surface area contributed by atoms with Crippen molar-refractivity contribution in [3.63, 3.8) is 0 Å². The fourth-order valence-corrected chi connectivity index (χ4v) is 4.39. The summed E-state index contributed by atoms with van der Waals surface area (Å²) in [7, 11) is 0. The summed E-state index contributed by atoms with van der Waals surface area (Å²) in [6, 6.07) is -0.452. The van der Waals surface area contributed by atoms with E-state index < -0.39 is 11.6 Å². The lowest BCUT2D eigenvalue weighted by atomic mass is 9.75. The summed E-state index contributed by atoms with van der Waals surface area (Å²) < 4.78 is 7.96. The van der Waals surface area contributed by atoms with Crippen LogP contribution in [0.3, 0.4) is 0 Å². The highest BCUT2D eigenvalue weighted by molar-refractivity contribution is 5.94. The average Bonchev–Trinajstić information content (AvgIpc) is 3.37. The minimum atomic E-state index is -1.03. The normalized spacial score (nSPS) is 27.2. The maximum Gasteiger partial charge on any atom is 0.254 e. The number of imidazole rings is 1. The zero-order chi connectivity index (χ0) is 20.5. The molecule has 0 unspecified atom stereocenters. The van der Waals surface area contributed by atoms with Crippen LogP contribution in [-0.2, 0) is 17.8 Å². The van der Waals surface area contributed by atoms with E-state index in [0.717, 1.165) is 38.3 Å². The maximum absolute atomic E-state index is 12.5. The van der Waals surface area contributed by atoms with Crippen molar-refractivity contribution in [1.82, 2.24) is 30.0 Å². The number of H-pyrrole nitrogens is 1. The Morgan fingerprint density at radius 3 is 2.86 bits per heavy atom. The van der Waals surface area contributed by atoms with Gasteiger partial charge in [-0.1, -0.05) is 0 Å². The third kappa shape index (κ3) is 4.36. The number of rotatable bonds is 5. The van der Waals surface area contributed by atoms with Crippen molar-refractivity contribution in [3.8, 4) is 0 Å². The summed E-state index contributed by atoms with van der Waals surface area (Å²) in [5, 5.41) is 18.2. The number of carbonyl (C=O) groups is 1. The SMILES string of the molecule is CCn1cc(C(=O)N[C@H]2COC3(CCN(Cc4ncc[nH]4)CC3)C[C@]2(C)O)cn1. The number of aromatic amines is 1. The molecule has 0 radical (unpaired) electrons. The lowest BCUT2D eigenvalue weighted by Gasteiger charge is -2.51. The number of hydrogen-bond acceptors (Lipinski definition) is 6. The second kappa shape index (κ2) is 7.89. The first-order chi connectivity index (χ1) is 13.9. The molecule has 2 aliphatic rings. The smallest absolute Gasteiger partial charge is 0.254 e. The van der Waals surface area contributed by atoms with Gasteiger partial charge in [0.25, 0.3) is 5.91 Å². The summed E-state index contributed by atoms with van der Waals surface area (Å²) in [5.41, 5.74) is -0.871. The first-order valence-corrected chi connectivity index (χ1v) is 10.3. The molecule has 2 saturated heterocycles. The van der Waals surface area contributed by atoms with Crippen LogP contribution in [0.4, 0.5) is 0 Å². The molecule has 4 rings (SSSR count). The van der Waals surface area contributed by atoms with E-state index in [1.165, 1.54) is 0 Å². The molecule has 2 fully saturated rings. The largest absolute Gasteiger partial charge is 0.388 e. The Morgan fingerprint density at radius 1 is 1.45 bits per heavy atom. The van der Waals surface area contributed by atoms with Crippen LogP contribution in [0, 0.1) is 0 Å². The van der Waals surface area contributed by atoms with E-state index in [2.05, 4.69) is 25.3 Å². The Kier molecular flexibility index (Phi) is 5.46. The Balaban J connectivity index is 1.33. The van der Waals surface area contributed by atoms with Crippen molar-refractivity contribution >= 4 is 5.91 Å². The van der Waals surface area contributed by atoms with Crippen LogP contribution in [0.5, 0.6) is 0 Å². The van der Waals surface area contributed by atoms with Gasteiger partial charge in [0.05, 0.1) is 42.2 Å². The van der Waals surface area contributed by atoms with E-state index in [9.17, 15) is 9.90 Å². The lowest BCUT2D eigenvalue weighted by Crippen LogP contribution is -2.63. The van der Waals surface area contributed by atoms with Gasteiger partial charge < -0.3 is 20.1 Å². The van der Waals surface area contributed by atoms with E-state index in [-0.39, 0.29) is 11.5 Å². The molecule has 0 bridgehead atoms. The molecule has 2 aliphatic heterocycles. The van der Waals surface area contributed by atoms with E-state index >= 15 is 0 Å². The van der Waals surface area contributed by atoms with Crippen molar-refractivity contribution in [2.75, 3.05) is 19.7 Å². The maximum atomic E-state index is 12.5. The van der Waals surface area contributed by atoms with Gasteiger partial charge in [-0.05, 0) is 26.7 Å². The molecule has 9 heteroatoms. The third-order valence-corrected chi connectivity index (χ3v) is 6.21. The predicted octanol–water partition coefficient (Wildman–Crippen LogP) is 0.931. The van der Waals surface area contributed by atoms with E-state index in [1.807, 2.05) is 13.1 Å². The molecule has 0 saturated carbocycles. The highest BCUT2D eigenvalue weighted by atomic mass is 16.5. The number of hydrogen-bond donors (Lipinski definition) is 3. The summed E-state index contributed by atoms with van der Waals surface area (Å²) in [5.74, 6) is 0.731. The highest BCUT2D eigenvalue weighted by Gasteiger charge is 2.49. The zero-order valence-electron chi connectivity index (χ0n) is 17.1. The Labute approximate surface area is 170 Å². The van der Waals surface area contributed by atoms with E-state index in [0.29, 0.717) is 25.1 Å². The predicted molar refractivity (Wildman–Crippen MR) is 106 cm³/mol. The number of amides is 1. The monoisotopic (exact) mass is 402 g/mol. The van der Waals surface area contributed by atoms with Gasteiger partial charge in [-0.2, -0.15) is 5.10 Å². The van der Waals surface area contributed by atoms with Gasteiger partial charge in [-0.25, -0.2) is 4.98 Å². The summed E-state index contributed by atoms with van der Waals surface area (Å²) in [6.07, 6.45) is 9.08. The van der Waals surface area contributed by atoms with Crippen LogP contribution >= 0.6 is 0 Å². The van der Waals surface area contributed by atoms with Crippen LogP contribution in [0.15, 0.2) is 24.8 Å². The second-order valence-electron chi connectivity index (χ2n) is 8.45. The van der Waals surface area contributed by atoms with E-state index in [4.69, 9.17) is 4.74 Å². The molecule has 0 aliphatic carbocycles. The number of nitrogens with zero attached hydrogens (tertiary/aromatic N) is 4. The van der Waals surface area contributed by atoms with Crippen LogP contribution in [0.1, 0.15) is 49.3 Å². The number of nitrogens with one attached hydrogen (secondary N) is 2. The minimum absolute atomic E-state index is 0.234. The van der Waals surface area contributed by atoms with Crippen molar-refractivity contribution in [1.29, 1.82) is 0 Å². The molecule has 1 amide bonds. The number of likely N-dealkylation sites (tertiary alicyclic amines) is 1. The molecular formula is C20H30N6O3. The fraction of sp³-hybridized carbons (Fsp3) is 0.650. The van der Waals surface area contributed by atoms with Crippen molar-refractivity contribution in [3.05, 3.63) is 36.2 Å². The Hall–Kier alpha value is -2.23. The number of aliphatic hydroxyl groups is 1. The first kappa shape index (κ1) is 20.1. The Bertz CT molecular complexity index is 823. The topological polar surface area (TPSA) is 108 Å². The lowest BCUT2D eigenvalue weighted by molar-refractivity contribution is -0.186. The number of carbonyl (C=O) groups excluding carboxylic acids is 1. The van der Waals surface area contributed by atoms with Gasteiger partial charge in [0, 0.05) is 44.6 Å². The van der Waals surface area contributed by atoms with Gasteiger partial charge >= 0.3 is 0 Å². The number of piperidine rings is 1. The quantitative estimate of drug-likeness (QED) is 0.687. The van der Waals surface area contributed by atoms with Gasteiger partial charge in [-0.3, -0.25) is 14.4 Å². The van der Waals surface area contributed by atoms with Gasteiger partial charge in [-0.15, -0.1) is 0 Å². The van der Waals surface area contributed by atoms with Gasteiger partial charge in [0.15, 0.2) is 0 Å². The molecule has 9 nitrogen and oxygen atoms in total. The summed E-state index contributed by atoms with van der Waals surface area (Å²) in [6.45, 7) is 7.36. The van der Waals surface area contributed by atoms with Crippen molar-refractivity contribution in [2.24, 2.45) is 0 Å². The summed E-state index contributed by atoms with van der Waals surface area (Å²) >= 11 is 0. The zero-order valence-corrected chi connectivity index (χ0v) is 17.1. The molecule has 1 spiro atoms. The second-order valence-corrected chi connectivity index (χ2v) is 8.45. The fourth-order valence-electron chi connectivity index (χ4n) is 4.39. The minimum Gasteiger partial charge on any atom is -0.388 e. The van der Waals surface area contributed by atoms with Crippen LogP contribution in [0.25, 0.3) is 0 Å². The molecule has 3 N–H and O–H groups in total. The number of aryl methyl sites for hydroxylation is 1. The average molecular weight is 402 g/mol. The Morgan fingerprint density at radius 2 is 2.24 bits per heavy atom. The number of aromatic nitrogens is 4. The molecule has 158 valence electrons. The molecule has 2 aromatic rings. The van der Waals surface area contributed by atoms with Gasteiger partial charge in [0.2, 0.25) is 0 Å². The van der Waals surface area contributed by atoms with Crippen LogP contribution in [-0.4, -0.2) is 72.6 Å². The standard InChI is InChI=1S/C20H30N6O3/c1-3-26-11-15(10-23-26)18(27)24-16-13-29-20(14-19(16,2)28)4-8-25(9-5-20)12-17-21-6-7-22-17/h6-7,10-11,16,28H,3-5,8-9,12-14H2,1-2H3,(H,21,22)(H,24,27)/t16-,19-/m0/s1. The summed E-state index contributed by atoms with van der Waals surface area (Å²) in [4.78, 5) is 22.3. The van der Waals surface area contributed by atoms with Crippen molar-refractivity contribution in [2.45, 2.75) is 63.4 Å². The van der Waals surface area contributed by atoms with Crippen LogP contribution < -0.4 is 5.32 Å². The molecule has 2 aromatic heterocycles. The molecule has 0 aromatic carbocycles. The molecule has 4 heterocycles. The highest BCUT2D eigenvalue weighted by Crippen LogP contribution is 2.39. The van der Waals surface area contributed by atoms with E-state index in [1.54, 1.807) is 30.2 Å². The van der Waals surface area contributed by atoms with Crippen molar-refractivity contribution < 1.29 is 14.6 Å². The third-order valence-electron chi connectivity index (χ3n) is 6.21. The van der Waals surface area contributed by atoms with Crippen LogP contribution in [0.2, 0.25) is 0 Å². The van der Waals surface area contributed by atoms with Gasteiger partial charge in [0.1, 0.15) is 5.82 Å². The molecular weight excluding hydrogens is 372 g/mol. The number of ether oxygens (including phenoxy) is 1. The molecule has 29 heavy (non-hydrogen) atoms. The molecule has 2 atom stereocenters. The first-order valence-electron chi connectivity index (χ1n) is 10.3.